The number of halogens is 2. The normalized spacial score (nSPS) is 11.6. The standard InChI is InChI=1S/C19H25FN4O2S.HI/c1-14-11-17(20)8-7-16(14)9-10-23-19(21-2)24-13-15-5-4-6-18(12-15)27(25,26)22-3;/h4-8,11-12,22H,9-10,13H2,1-3H3,(H2,21,23,24);1H. The lowest BCUT2D eigenvalue weighted by Crippen LogP contribution is -2.38. The summed E-state index contributed by atoms with van der Waals surface area (Å²) in [6.45, 7) is 2.96. The molecule has 0 heterocycles. The van der Waals surface area contributed by atoms with Gasteiger partial charge < -0.3 is 10.6 Å². The van der Waals surface area contributed by atoms with Gasteiger partial charge >= 0.3 is 0 Å². The van der Waals surface area contributed by atoms with Crippen molar-refractivity contribution >= 4 is 40.0 Å². The minimum atomic E-state index is -3.47. The van der Waals surface area contributed by atoms with Crippen molar-refractivity contribution in [1.29, 1.82) is 0 Å². The van der Waals surface area contributed by atoms with Gasteiger partial charge in [0.1, 0.15) is 5.82 Å². The SMILES string of the molecule is CN=C(NCCc1ccc(F)cc1C)NCc1cccc(S(=O)(=O)NC)c1.I. The first kappa shape index (κ1) is 24.3. The molecule has 6 nitrogen and oxygen atoms in total. The number of aryl methyl sites for hydroxylation is 1. The molecule has 0 spiro atoms. The molecule has 0 radical (unpaired) electrons. The molecule has 0 unspecified atom stereocenters. The summed E-state index contributed by atoms with van der Waals surface area (Å²) in [5, 5.41) is 6.36. The highest BCUT2D eigenvalue weighted by molar-refractivity contribution is 14.0. The predicted octanol–water partition coefficient (Wildman–Crippen LogP) is 2.57. The van der Waals surface area contributed by atoms with Gasteiger partial charge in [0.25, 0.3) is 0 Å². The number of rotatable bonds is 7. The number of nitrogens with one attached hydrogen (secondary N) is 3. The molecule has 0 aliphatic rings. The van der Waals surface area contributed by atoms with E-state index < -0.39 is 10.0 Å². The monoisotopic (exact) mass is 520 g/mol. The number of hydrogen-bond acceptors (Lipinski definition) is 3. The second-order valence-corrected chi connectivity index (χ2v) is 7.91. The van der Waals surface area contributed by atoms with Crippen molar-refractivity contribution < 1.29 is 12.8 Å². The molecule has 0 atom stereocenters. The van der Waals surface area contributed by atoms with Gasteiger partial charge in [0, 0.05) is 20.1 Å². The zero-order valence-electron chi connectivity index (χ0n) is 16.1. The Morgan fingerprint density at radius 2 is 1.89 bits per heavy atom. The molecule has 0 aromatic heterocycles. The highest BCUT2D eigenvalue weighted by Gasteiger charge is 2.11. The van der Waals surface area contributed by atoms with E-state index in [9.17, 15) is 12.8 Å². The number of nitrogens with zero attached hydrogens (tertiary/aromatic N) is 1. The largest absolute Gasteiger partial charge is 0.356 e. The fourth-order valence-corrected chi connectivity index (χ4v) is 3.40. The second-order valence-electron chi connectivity index (χ2n) is 6.03. The maximum absolute atomic E-state index is 13.2. The zero-order valence-corrected chi connectivity index (χ0v) is 19.3. The van der Waals surface area contributed by atoms with Crippen LogP contribution in [-0.4, -0.2) is 35.0 Å². The predicted molar refractivity (Wildman–Crippen MR) is 121 cm³/mol. The molecule has 0 bridgehead atoms. The van der Waals surface area contributed by atoms with Gasteiger partial charge in [0.05, 0.1) is 4.90 Å². The van der Waals surface area contributed by atoms with Gasteiger partial charge in [0.15, 0.2) is 5.96 Å². The third kappa shape index (κ3) is 7.02. The molecule has 3 N–H and O–H groups in total. The summed E-state index contributed by atoms with van der Waals surface area (Å²) in [5.74, 6) is 0.376. The Hall–Kier alpha value is -1.72. The van der Waals surface area contributed by atoms with Crippen LogP contribution in [0.3, 0.4) is 0 Å². The summed E-state index contributed by atoms with van der Waals surface area (Å²) in [4.78, 5) is 4.38. The van der Waals surface area contributed by atoms with Crippen molar-refractivity contribution in [3.05, 3.63) is 65.0 Å². The average Bonchev–Trinajstić information content (AvgIpc) is 2.66. The molecule has 9 heteroatoms. The molecule has 2 aromatic carbocycles. The van der Waals surface area contributed by atoms with Crippen LogP contribution in [0.4, 0.5) is 4.39 Å². The minimum absolute atomic E-state index is 0. The third-order valence-corrected chi connectivity index (χ3v) is 5.56. The summed E-state index contributed by atoms with van der Waals surface area (Å²) in [6.07, 6.45) is 0.739. The van der Waals surface area contributed by atoms with Crippen molar-refractivity contribution in [3.63, 3.8) is 0 Å². The minimum Gasteiger partial charge on any atom is -0.356 e. The summed E-state index contributed by atoms with van der Waals surface area (Å²) >= 11 is 0. The summed E-state index contributed by atoms with van der Waals surface area (Å²) in [5.41, 5.74) is 2.82. The number of guanidine groups is 1. The van der Waals surface area contributed by atoms with E-state index in [1.54, 1.807) is 31.3 Å². The maximum atomic E-state index is 13.2. The maximum Gasteiger partial charge on any atom is 0.240 e. The molecular formula is C19H26FIN4O2S. The molecule has 2 rings (SSSR count). The molecule has 28 heavy (non-hydrogen) atoms. The van der Waals surface area contributed by atoms with Gasteiger partial charge in [-0.15, -0.1) is 24.0 Å². The number of sulfonamides is 1. The summed E-state index contributed by atoms with van der Waals surface area (Å²) in [7, 11) is -0.416. The lowest BCUT2D eigenvalue weighted by molar-refractivity contribution is 0.588. The number of aliphatic imine (C=N–C) groups is 1. The first-order valence-electron chi connectivity index (χ1n) is 8.57. The van der Waals surface area contributed by atoms with Gasteiger partial charge in [-0.3, -0.25) is 4.99 Å². The highest BCUT2D eigenvalue weighted by atomic mass is 127. The van der Waals surface area contributed by atoms with Crippen LogP contribution in [0.5, 0.6) is 0 Å². The summed E-state index contributed by atoms with van der Waals surface area (Å²) in [6, 6.07) is 11.5. The van der Waals surface area contributed by atoms with Crippen LogP contribution in [0, 0.1) is 12.7 Å². The molecule has 0 saturated heterocycles. The molecule has 0 aliphatic carbocycles. The van der Waals surface area contributed by atoms with Gasteiger partial charge in [-0.2, -0.15) is 0 Å². The van der Waals surface area contributed by atoms with Crippen LogP contribution in [0.2, 0.25) is 0 Å². The molecule has 2 aromatic rings. The Kier molecular flexibility index (Phi) is 9.83. The quantitative estimate of drug-likeness (QED) is 0.298. The molecule has 154 valence electrons. The topological polar surface area (TPSA) is 82.6 Å². The van der Waals surface area contributed by atoms with Gasteiger partial charge in [-0.25, -0.2) is 17.5 Å². The van der Waals surface area contributed by atoms with Crippen molar-refractivity contribution in [3.8, 4) is 0 Å². The molecule has 0 saturated carbocycles. The van der Waals surface area contributed by atoms with Crippen LogP contribution in [0.1, 0.15) is 16.7 Å². The van der Waals surface area contributed by atoms with Crippen molar-refractivity contribution in [2.75, 3.05) is 20.6 Å². The molecule has 0 aliphatic heterocycles. The van der Waals surface area contributed by atoms with E-state index in [2.05, 4.69) is 20.3 Å². The van der Waals surface area contributed by atoms with Crippen molar-refractivity contribution in [2.24, 2.45) is 4.99 Å². The smallest absolute Gasteiger partial charge is 0.240 e. The third-order valence-electron chi connectivity index (χ3n) is 4.15. The second kappa shape index (κ2) is 11.3. The van der Waals surface area contributed by atoms with Crippen molar-refractivity contribution in [2.45, 2.75) is 24.8 Å². The van der Waals surface area contributed by atoms with E-state index in [0.717, 1.165) is 23.1 Å². The fraction of sp³-hybridized carbons (Fsp3) is 0.316. The lowest BCUT2D eigenvalue weighted by Gasteiger charge is -2.13. The number of benzene rings is 2. The Morgan fingerprint density at radius 3 is 2.54 bits per heavy atom. The van der Waals surface area contributed by atoms with E-state index in [4.69, 9.17) is 0 Å². The highest BCUT2D eigenvalue weighted by Crippen LogP contribution is 2.11. The van der Waals surface area contributed by atoms with Gasteiger partial charge in [0.2, 0.25) is 10.0 Å². The summed E-state index contributed by atoms with van der Waals surface area (Å²) < 4.78 is 39.2. The fourth-order valence-electron chi connectivity index (χ4n) is 2.60. The Bertz CT molecular complexity index is 920. The lowest BCUT2D eigenvalue weighted by atomic mass is 10.1. The van der Waals surface area contributed by atoms with Crippen LogP contribution in [0.25, 0.3) is 0 Å². The van der Waals surface area contributed by atoms with Crippen LogP contribution < -0.4 is 15.4 Å². The number of hydrogen-bond donors (Lipinski definition) is 3. The Labute approximate surface area is 183 Å². The van der Waals surface area contributed by atoms with Crippen LogP contribution in [0.15, 0.2) is 52.4 Å². The Morgan fingerprint density at radius 1 is 1.14 bits per heavy atom. The molecular weight excluding hydrogens is 494 g/mol. The van der Waals surface area contributed by atoms with Crippen molar-refractivity contribution in [1.82, 2.24) is 15.4 Å². The van der Waals surface area contributed by atoms with Crippen LogP contribution >= 0.6 is 24.0 Å². The Balaban J connectivity index is 0.00000392. The molecule has 0 amide bonds. The molecule has 0 fully saturated rings. The van der Waals surface area contributed by atoms with E-state index in [1.807, 2.05) is 13.0 Å². The van der Waals surface area contributed by atoms with E-state index in [-0.39, 0.29) is 34.7 Å². The first-order valence-corrected chi connectivity index (χ1v) is 10.1. The van der Waals surface area contributed by atoms with Gasteiger partial charge in [-0.05, 0) is 61.3 Å². The van der Waals surface area contributed by atoms with E-state index in [0.29, 0.717) is 19.0 Å². The average molecular weight is 520 g/mol. The van der Waals surface area contributed by atoms with Crippen LogP contribution in [-0.2, 0) is 23.0 Å². The van der Waals surface area contributed by atoms with E-state index in [1.165, 1.54) is 19.2 Å². The first-order chi connectivity index (χ1) is 12.9. The zero-order chi connectivity index (χ0) is 19.9. The van der Waals surface area contributed by atoms with E-state index >= 15 is 0 Å². The van der Waals surface area contributed by atoms with Gasteiger partial charge in [-0.1, -0.05) is 18.2 Å².